The lowest BCUT2D eigenvalue weighted by molar-refractivity contribution is -0.135. The summed E-state index contributed by atoms with van der Waals surface area (Å²) in [6.45, 7) is 0. The van der Waals surface area contributed by atoms with Gasteiger partial charge in [-0.05, 0) is 0 Å². The SMILES string of the molecule is OC(O)C(F)C(F)C(F)F. The van der Waals surface area contributed by atoms with Crippen LogP contribution in [0.5, 0.6) is 0 Å². The molecule has 2 atom stereocenters. The van der Waals surface area contributed by atoms with Crippen molar-refractivity contribution in [2.24, 2.45) is 0 Å². The number of rotatable bonds is 3. The van der Waals surface area contributed by atoms with Gasteiger partial charge in [-0.1, -0.05) is 0 Å². The van der Waals surface area contributed by atoms with Crippen LogP contribution in [0.3, 0.4) is 0 Å². The normalized spacial score (nSPS) is 18.0. The molecule has 2 unspecified atom stereocenters. The van der Waals surface area contributed by atoms with E-state index in [0.29, 0.717) is 0 Å². The van der Waals surface area contributed by atoms with E-state index in [-0.39, 0.29) is 0 Å². The van der Waals surface area contributed by atoms with Crippen molar-refractivity contribution in [2.45, 2.75) is 25.1 Å². The first-order chi connectivity index (χ1) is 4.46. The average molecular weight is 162 g/mol. The third-order valence-corrected chi connectivity index (χ3v) is 0.830. The molecule has 0 aromatic heterocycles. The van der Waals surface area contributed by atoms with Gasteiger partial charge in [-0.2, -0.15) is 0 Å². The Kier molecular flexibility index (Phi) is 3.59. The molecule has 0 aromatic rings. The monoisotopic (exact) mass is 162 g/mol. The summed E-state index contributed by atoms with van der Waals surface area (Å²) in [7, 11) is 0. The molecule has 0 heterocycles. The predicted octanol–water partition coefficient (Wildman–Crippen LogP) is 0.238. The minimum absolute atomic E-state index is 2.69. The maximum Gasteiger partial charge on any atom is 0.272 e. The van der Waals surface area contributed by atoms with Crippen molar-refractivity contribution >= 4 is 0 Å². The molecule has 0 saturated carbocycles. The van der Waals surface area contributed by atoms with Crippen LogP contribution >= 0.6 is 0 Å². The van der Waals surface area contributed by atoms with Gasteiger partial charge in [-0.15, -0.1) is 0 Å². The number of aliphatic hydroxyl groups excluding tert-OH is 1. The van der Waals surface area contributed by atoms with Crippen molar-refractivity contribution in [1.29, 1.82) is 0 Å². The minimum Gasteiger partial charge on any atom is -0.366 e. The Bertz CT molecular complexity index is 85.3. The largest absolute Gasteiger partial charge is 0.366 e. The molecular formula is C4H6F4O2. The quantitative estimate of drug-likeness (QED) is 0.461. The van der Waals surface area contributed by atoms with Crippen molar-refractivity contribution in [1.82, 2.24) is 0 Å². The van der Waals surface area contributed by atoms with Crippen LogP contribution in [-0.4, -0.2) is 35.3 Å². The van der Waals surface area contributed by atoms with E-state index in [1.165, 1.54) is 0 Å². The molecule has 0 bridgehead atoms. The number of halogens is 4. The standard InChI is InChI=1S/C4H6F4O2/c5-1(3(7)8)2(6)4(9)10/h1-4,9-10H. The van der Waals surface area contributed by atoms with Crippen molar-refractivity contribution in [3.8, 4) is 0 Å². The van der Waals surface area contributed by atoms with Crippen LogP contribution in [0.15, 0.2) is 0 Å². The van der Waals surface area contributed by atoms with Crippen LogP contribution in [-0.2, 0) is 0 Å². The lowest BCUT2D eigenvalue weighted by Gasteiger charge is -2.13. The fourth-order valence-corrected chi connectivity index (χ4v) is 0.303. The van der Waals surface area contributed by atoms with Crippen LogP contribution in [0.1, 0.15) is 0 Å². The van der Waals surface area contributed by atoms with Gasteiger partial charge in [0.1, 0.15) is 0 Å². The Balaban J connectivity index is 3.81. The van der Waals surface area contributed by atoms with Gasteiger partial charge in [0.2, 0.25) is 0 Å². The highest BCUT2D eigenvalue weighted by atomic mass is 19.3. The Morgan fingerprint density at radius 3 is 1.30 bits per heavy atom. The highest BCUT2D eigenvalue weighted by Crippen LogP contribution is 2.14. The van der Waals surface area contributed by atoms with Crippen molar-refractivity contribution < 1.29 is 27.8 Å². The van der Waals surface area contributed by atoms with E-state index < -0.39 is 25.1 Å². The van der Waals surface area contributed by atoms with E-state index >= 15 is 0 Å². The Morgan fingerprint density at radius 1 is 0.800 bits per heavy atom. The van der Waals surface area contributed by atoms with Gasteiger partial charge in [-0.3, -0.25) is 0 Å². The molecule has 2 N–H and O–H groups in total. The zero-order chi connectivity index (χ0) is 8.31. The third-order valence-electron chi connectivity index (χ3n) is 0.830. The maximum atomic E-state index is 11.8. The van der Waals surface area contributed by atoms with Crippen molar-refractivity contribution in [2.75, 3.05) is 0 Å². The first-order valence-electron chi connectivity index (χ1n) is 2.39. The van der Waals surface area contributed by atoms with Crippen LogP contribution < -0.4 is 0 Å². The molecule has 0 saturated heterocycles. The molecule has 62 valence electrons. The van der Waals surface area contributed by atoms with Crippen LogP contribution in [0.25, 0.3) is 0 Å². The summed E-state index contributed by atoms with van der Waals surface area (Å²) in [4.78, 5) is 0. The second-order valence-electron chi connectivity index (χ2n) is 1.64. The molecule has 0 aromatic carbocycles. The van der Waals surface area contributed by atoms with Gasteiger partial charge in [-0.25, -0.2) is 17.6 Å². The summed E-state index contributed by atoms with van der Waals surface area (Å²) < 4.78 is 45.9. The zero-order valence-electron chi connectivity index (χ0n) is 4.72. The fraction of sp³-hybridized carbons (Fsp3) is 1.00. The lowest BCUT2D eigenvalue weighted by Crippen LogP contribution is -2.35. The third kappa shape index (κ3) is 2.49. The molecular weight excluding hydrogens is 156 g/mol. The average Bonchev–Trinajstić information content (AvgIpc) is 1.84. The molecule has 0 aliphatic rings. The molecule has 0 aliphatic heterocycles. The lowest BCUT2D eigenvalue weighted by atomic mass is 10.2. The van der Waals surface area contributed by atoms with Gasteiger partial charge in [0.25, 0.3) is 6.43 Å². The molecule has 0 radical (unpaired) electrons. The number of hydrogen-bond acceptors (Lipinski definition) is 2. The van der Waals surface area contributed by atoms with Crippen molar-refractivity contribution in [3.05, 3.63) is 0 Å². The fourth-order valence-electron chi connectivity index (χ4n) is 0.303. The molecule has 0 amide bonds. The molecule has 0 fully saturated rings. The highest BCUT2D eigenvalue weighted by Gasteiger charge is 2.34. The Morgan fingerprint density at radius 2 is 1.20 bits per heavy atom. The number of aliphatic hydroxyl groups is 2. The molecule has 0 spiro atoms. The van der Waals surface area contributed by atoms with E-state index in [9.17, 15) is 17.6 Å². The zero-order valence-corrected chi connectivity index (χ0v) is 4.72. The van der Waals surface area contributed by atoms with E-state index in [4.69, 9.17) is 10.2 Å². The van der Waals surface area contributed by atoms with E-state index in [0.717, 1.165) is 0 Å². The molecule has 0 aliphatic carbocycles. The van der Waals surface area contributed by atoms with Gasteiger partial charge >= 0.3 is 0 Å². The first kappa shape index (κ1) is 9.64. The molecule has 10 heavy (non-hydrogen) atoms. The predicted molar refractivity (Wildman–Crippen MR) is 24.0 cm³/mol. The summed E-state index contributed by atoms with van der Waals surface area (Å²) in [6.07, 6.45) is -12.3. The smallest absolute Gasteiger partial charge is 0.272 e. The van der Waals surface area contributed by atoms with E-state index in [1.54, 1.807) is 0 Å². The van der Waals surface area contributed by atoms with E-state index in [1.807, 2.05) is 0 Å². The van der Waals surface area contributed by atoms with Crippen LogP contribution in [0.4, 0.5) is 17.6 Å². The van der Waals surface area contributed by atoms with Gasteiger partial charge in [0.05, 0.1) is 0 Å². The van der Waals surface area contributed by atoms with Gasteiger partial charge < -0.3 is 10.2 Å². The Labute approximate surface area is 54.1 Å². The summed E-state index contributed by atoms with van der Waals surface area (Å²) in [6, 6.07) is 0. The number of hydrogen-bond donors (Lipinski definition) is 2. The summed E-state index contributed by atoms with van der Waals surface area (Å²) in [5.74, 6) is 0. The Hall–Kier alpha value is -0.360. The minimum atomic E-state index is -3.53. The first-order valence-corrected chi connectivity index (χ1v) is 2.39. The van der Waals surface area contributed by atoms with Gasteiger partial charge in [0, 0.05) is 0 Å². The van der Waals surface area contributed by atoms with E-state index in [2.05, 4.69) is 0 Å². The second-order valence-corrected chi connectivity index (χ2v) is 1.64. The van der Waals surface area contributed by atoms with Crippen LogP contribution in [0, 0.1) is 0 Å². The molecule has 6 heteroatoms. The van der Waals surface area contributed by atoms with Crippen LogP contribution in [0.2, 0.25) is 0 Å². The second kappa shape index (κ2) is 3.72. The summed E-state index contributed by atoms with van der Waals surface area (Å²) in [5.41, 5.74) is 0. The molecule has 0 rings (SSSR count). The summed E-state index contributed by atoms with van der Waals surface area (Å²) in [5, 5.41) is 15.7. The summed E-state index contributed by atoms with van der Waals surface area (Å²) >= 11 is 0. The molecule has 2 nitrogen and oxygen atoms in total. The van der Waals surface area contributed by atoms with Crippen molar-refractivity contribution in [3.63, 3.8) is 0 Å². The van der Waals surface area contributed by atoms with Gasteiger partial charge in [0.15, 0.2) is 18.6 Å². The highest BCUT2D eigenvalue weighted by molar-refractivity contribution is 4.71. The maximum absolute atomic E-state index is 11.8. The number of alkyl halides is 4. The topological polar surface area (TPSA) is 40.5 Å².